The van der Waals surface area contributed by atoms with Crippen LogP contribution in [0.3, 0.4) is 0 Å². The summed E-state index contributed by atoms with van der Waals surface area (Å²) in [4.78, 5) is 29.8. The van der Waals surface area contributed by atoms with Gasteiger partial charge >= 0.3 is 6.09 Å². The molecule has 0 saturated carbocycles. The molecule has 0 radical (unpaired) electrons. The quantitative estimate of drug-likeness (QED) is 0.230. The van der Waals surface area contributed by atoms with Crippen molar-refractivity contribution < 1.29 is 23.4 Å². The predicted molar refractivity (Wildman–Crippen MR) is 148 cm³/mol. The van der Waals surface area contributed by atoms with Crippen LogP contribution in [0.5, 0.6) is 11.6 Å². The number of hydrogen-bond acceptors (Lipinski definition) is 9. The van der Waals surface area contributed by atoms with Crippen LogP contribution in [0.25, 0.3) is 31.8 Å². The molecule has 9 nitrogen and oxygen atoms in total. The van der Waals surface area contributed by atoms with E-state index in [0.717, 1.165) is 16.7 Å². The second-order valence-corrected chi connectivity index (χ2v) is 10.2. The van der Waals surface area contributed by atoms with Crippen LogP contribution < -0.4 is 14.8 Å². The first-order chi connectivity index (χ1) is 18.7. The Morgan fingerprint density at radius 2 is 2.00 bits per heavy atom. The topological polar surface area (TPSA) is 108 Å². The van der Waals surface area contributed by atoms with Crippen LogP contribution in [0.4, 0.5) is 14.9 Å². The van der Waals surface area contributed by atoms with Gasteiger partial charge in [0, 0.05) is 17.8 Å². The first-order valence-electron chi connectivity index (χ1n) is 11.8. The number of ether oxygens (including phenoxy) is 3. The zero-order valence-corrected chi connectivity index (χ0v) is 23.0. The number of carbonyl (C=O) groups excluding carboxylic acids is 1. The molecule has 200 valence electrons. The van der Waals surface area contributed by atoms with E-state index in [9.17, 15) is 4.79 Å². The minimum absolute atomic E-state index is 0.0692. The number of anilines is 1. The summed E-state index contributed by atoms with van der Waals surface area (Å²) in [6.45, 7) is 5.32. The van der Waals surface area contributed by atoms with Crippen LogP contribution in [-0.2, 0) is 4.74 Å². The molecular formula is C27H23ClFN5O4S. The van der Waals surface area contributed by atoms with E-state index >= 15 is 4.39 Å². The summed E-state index contributed by atoms with van der Waals surface area (Å²) in [6.07, 6.45) is 3.33. The van der Waals surface area contributed by atoms with Gasteiger partial charge in [0.1, 0.15) is 28.3 Å². The van der Waals surface area contributed by atoms with Gasteiger partial charge in [0.2, 0.25) is 5.88 Å². The van der Waals surface area contributed by atoms with Crippen molar-refractivity contribution in [3.05, 3.63) is 64.8 Å². The number of amides is 1. The van der Waals surface area contributed by atoms with E-state index in [0.29, 0.717) is 37.8 Å². The van der Waals surface area contributed by atoms with Crippen LogP contribution in [0.15, 0.2) is 42.9 Å². The molecule has 39 heavy (non-hydrogen) atoms. The standard InChI is InChI=1S/C27H23ClFN5O4S/c1-13-7-16(24-17(8-13)32-21(36-4)11-31-24)26-34-25-20(39-26)9-19(23(29)22(25)28)37-12-15(3)38-27(35)33-18-10-30-6-5-14(18)2/h5-11,15H,12H2,1-4H3,(H,33,35)/t15-/m1/s1. The fraction of sp³-hybridized carbons (Fsp3) is 0.222. The SMILES string of the molecule is COc1cnc2c(-c3nc4c(Cl)c(F)c(OC[C@@H](C)OC(=O)Nc5cnccc5C)cc4s3)cc(C)cc2n1. The minimum Gasteiger partial charge on any atom is -0.487 e. The lowest BCUT2D eigenvalue weighted by atomic mass is 10.1. The molecule has 0 bridgehead atoms. The molecule has 12 heteroatoms. The molecule has 2 aromatic carbocycles. The third-order valence-corrected chi connectivity index (χ3v) is 7.18. The van der Waals surface area contributed by atoms with Crippen molar-refractivity contribution in [2.75, 3.05) is 19.0 Å². The number of methoxy groups -OCH3 is 1. The van der Waals surface area contributed by atoms with Gasteiger partial charge in [-0.1, -0.05) is 11.6 Å². The molecule has 0 aliphatic carbocycles. The number of halogens is 2. The number of carbonyl (C=O) groups is 1. The molecular weight excluding hydrogens is 545 g/mol. The number of nitrogens with zero attached hydrogens (tertiary/aromatic N) is 4. The van der Waals surface area contributed by atoms with Crippen LogP contribution in [0, 0.1) is 19.7 Å². The highest BCUT2D eigenvalue weighted by Gasteiger charge is 2.21. The van der Waals surface area contributed by atoms with E-state index < -0.39 is 18.0 Å². The lowest BCUT2D eigenvalue weighted by Gasteiger charge is -2.16. The molecule has 1 atom stereocenters. The molecule has 3 aromatic heterocycles. The van der Waals surface area contributed by atoms with Crippen molar-refractivity contribution >= 4 is 56.0 Å². The Morgan fingerprint density at radius 3 is 2.77 bits per heavy atom. The first-order valence-corrected chi connectivity index (χ1v) is 13.0. The highest BCUT2D eigenvalue weighted by atomic mass is 35.5. The fourth-order valence-electron chi connectivity index (χ4n) is 3.87. The molecule has 0 fully saturated rings. The molecule has 1 amide bonds. The maximum absolute atomic E-state index is 15.1. The van der Waals surface area contributed by atoms with Gasteiger partial charge in [-0.2, -0.15) is 0 Å². The third-order valence-electron chi connectivity index (χ3n) is 5.80. The first kappa shape index (κ1) is 26.5. The average molecular weight is 568 g/mol. The number of aromatic nitrogens is 4. The largest absolute Gasteiger partial charge is 0.487 e. The van der Waals surface area contributed by atoms with Crippen molar-refractivity contribution in [2.24, 2.45) is 0 Å². The zero-order valence-electron chi connectivity index (χ0n) is 21.4. The van der Waals surface area contributed by atoms with Crippen molar-refractivity contribution in [1.82, 2.24) is 19.9 Å². The van der Waals surface area contributed by atoms with Crippen molar-refractivity contribution in [1.29, 1.82) is 0 Å². The summed E-state index contributed by atoms with van der Waals surface area (Å²) in [6, 6.07) is 7.15. The van der Waals surface area contributed by atoms with Gasteiger partial charge < -0.3 is 14.2 Å². The van der Waals surface area contributed by atoms with Crippen LogP contribution in [0.2, 0.25) is 5.02 Å². The maximum Gasteiger partial charge on any atom is 0.412 e. The Balaban J connectivity index is 1.36. The Hall–Kier alpha value is -4.09. The number of thiazole rings is 1. The monoisotopic (exact) mass is 567 g/mol. The number of pyridine rings is 1. The summed E-state index contributed by atoms with van der Waals surface area (Å²) in [5.41, 5.74) is 4.68. The second kappa shape index (κ2) is 11.0. The summed E-state index contributed by atoms with van der Waals surface area (Å²) in [5.74, 6) is -0.416. The van der Waals surface area contributed by atoms with E-state index in [-0.39, 0.29) is 17.4 Å². The second-order valence-electron chi connectivity index (χ2n) is 8.80. The lowest BCUT2D eigenvalue weighted by Crippen LogP contribution is -2.25. The molecule has 3 heterocycles. The highest BCUT2D eigenvalue weighted by molar-refractivity contribution is 7.21. The zero-order chi connectivity index (χ0) is 27.7. The summed E-state index contributed by atoms with van der Waals surface area (Å²) >= 11 is 7.70. The Morgan fingerprint density at radius 1 is 1.18 bits per heavy atom. The molecule has 5 aromatic rings. The van der Waals surface area contributed by atoms with Crippen LogP contribution in [0.1, 0.15) is 18.1 Å². The molecule has 0 aliphatic rings. The average Bonchev–Trinajstić information content (AvgIpc) is 3.34. The molecule has 1 N–H and O–H groups in total. The number of nitrogens with one attached hydrogen (secondary N) is 1. The fourth-order valence-corrected chi connectivity index (χ4v) is 5.18. The Bertz CT molecular complexity index is 1710. The molecule has 0 aliphatic heterocycles. The number of fused-ring (bicyclic) bond motifs is 2. The molecule has 0 unspecified atom stereocenters. The van der Waals surface area contributed by atoms with Crippen LogP contribution in [-0.4, -0.2) is 45.8 Å². The predicted octanol–water partition coefficient (Wildman–Crippen LogP) is 6.74. The summed E-state index contributed by atoms with van der Waals surface area (Å²) in [7, 11) is 1.53. The number of aryl methyl sites for hydroxylation is 2. The van der Waals surface area contributed by atoms with E-state index in [2.05, 4.69) is 25.3 Å². The third kappa shape index (κ3) is 5.55. The smallest absolute Gasteiger partial charge is 0.412 e. The van der Waals surface area contributed by atoms with Gasteiger partial charge in [0.05, 0.1) is 40.9 Å². The van der Waals surface area contributed by atoms with Crippen molar-refractivity contribution in [2.45, 2.75) is 26.9 Å². The van der Waals surface area contributed by atoms with Gasteiger partial charge in [0.25, 0.3) is 0 Å². The van der Waals surface area contributed by atoms with Crippen molar-refractivity contribution in [3.8, 4) is 22.2 Å². The maximum atomic E-state index is 15.1. The minimum atomic E-state index is -0.748. The van der Waals surface area contributed by atoms with Gasteiger partial charge in [-0.05, 0) is 50.1 Å². The summed E-state index contributed by atoms with van der Waals surface area (Å²) < 4.78 is 31.9. The molecule has 0 spiro atoms. The molecule has 0 saturated heterocycles. The Kier molecular flexibility index (Phi) is 7.45. The van der Waals surface area contributed by atoms with E-state index in [1.165, 1.54) is 36.9 Å². The number of benzene rings is 2. The Labute approximate surface area is 232 Å². The van der Waals surface area contributed by atoms with Crippen LogP contribution >= 0.6 is 22.9 Å². The van der Waals surface area contributed by atoms with Gasteiger partial charge in [-0.15, -0.1) is 11.3 Å². The van der Waals surface area contributed by atoms with Gasteiger partial charge in [0.15, 0.2) is 11.6 Å². The van der Waals surface area contributed by atoms with Crippen molar-refractivity contribution in [3.63, 3.8) is 0 Å². The number of rotatable bonds is 7. The lowest BCUT2D eigenvalue weighted by molar-refractivity contribution is 0.0844. The summed E-state index contributed by atoms with van der Waals surface area (Å²) in [5, 5.41) is 3.08. The van der Waals surface area contributed by atoms with E-state index in [4.69, 9.17) is 25.8 Å². The van der Waals surface area contributed by atoms with Gasteiger partial charge in [-0.3, -0.25) is 10.3 Å². The van der Waals surface area contributed by atoms with E-state index in [1.807, 2.05) is 26.0 Å². The normalized spacial score (nSPS) is 11.9. The van der Waals surface area contributed by atoms with E-state index in [1.54, 1.807) is 19.2 Å². The highest BCUT2D eigenvalue weighted by Crippen LogP contribution is 2.40. The van der Waals surface area contributed by atoms with Gasteiger partial charge in [-0.25, -0.2) is 24.1 Å². The molecule has 5 rings (SSSR count). The number of hydrogen-bond donors (Lipinski definition) is 1.